The van der Waals surface area contributed by atoms with Crippen molar-refractivity contribution in [3.63, 3.8) is 0 Å². The molecule has 6 rings (SSSR count). The molecule has 0 saturated carbocycles. The number of nitrogens with one attached hydrogen (secondary N) is 2. The largest absolute Gasteiger partial charge is 0.355 e. The minimum atomic E-state index is -0.412. The summed E-state index contributed by atoms with van der Waals surface area (Å²) in [4.78, 5) is 32.4. The van der Waals surface area contributed by atoms with Gasteiger partial charge in [0.15, 0.2) is 0 Å². The second kappa shape index (κ2) is 6.65. The highest BCUT2D eigenvalue weighted by molar-refractivity contribution is 6.49. The number of carbonyl (C=O) groups is 2. The molecule has 0 aliphatic carbocycles. The number of rotatable bonds is 2. The van der Waals surface area contributed by atoms with Crippen LogP contribution in [0.25, 0.3) is 27.7 Å². The van der Waals surface area contributed by atoms with Crippen LogP contribution in [0.3, 0.4) is 0 Å². The van der Waals surface area contributed by atoms with Gasteiger partial charge in [-0.2, -0.15) is 0 Å². The number of fused-ring (bicyclic) bond motifs is 1. The molecule has 158 valence electrons. The lowest BCUT2D eigenvalue weighted by atomic mass is 9.98. The van der Waals surface area contributed by atoms with Crippen molar-refractivity contribution >= 4 is 45.3 Å². The van der Waals surface area contributed by atoms with Gasteiger partial charge in [-0.25, -0.2) is 4.98 Å². The highest BCUT2D eigenvalue weighted by atomic mass is 16.2. The lowest BCUT2D eigenvalue weighted by molar-refractivity contribution is -0.122. The van der Waals surface area contributed by atoms with Gasteiger partial charge in [0.25, 0.3) is 11.8 Å². The Hall–Kier alpha value is -4.20. The summed E-state index contributed by atoms with van der Waals surface area (Å²) in [6.07, 6.45) is 5.45. The van der Waals surface area contributed by atoms with Crippen LogP contribution in [-0.2, 0) is 22.7 Å². The summed E-state index contributed by atoms with van der Waals surface area (Å²) in [6.45, 7) is 3.84. The molecule has 5 heterocycles. The Bertz CT molecular complexity index is 1510. The van der Waals surface area contributed by atoms with Crippen LogP contribution in [0, 0.1) is 5.41 Å². The van der Waals surface area contributed by atoms with E-state index in [4.69, 9.17) is 5.41 Å². The molecule has 0 saturated heterocycles. The van der Waals surface area contributed by atoms with Gasteiger partial charge in [-0.05, 0) is 24.6 Å². The number of nitrogens with zero attached hydrogens (tertiary/aromatic N) is 4. The molecule has 2 aliphatic heterocycles. The van der Waals surface area contributed by atoms with Crippen LogP contribution in [0.1, 0.15) is 23.7 Å². The van der Waals surface area contributed by atoms with Crippen molar-refractivity contribution in [1.29, 1.82) is 5.41 Å². The van der Waals surface area contributed by atoms with Crippen LogP contribution in [0.4, 0.5) is 0 Å². The van der Waals surface area contributed by atoms with Crippen LogP contribution < -0.4 is 5.32 Å². The zero-order valence-electron chi connectivity index (χ0n) is 17.4. The van der Waals surface area contributed by atoms with Crippen LogP contribution >= 0.6 is 0 Å². The van der Waals surface area contributed by atoms with E-state index >= 15 is 0 Å². The maximum absolute atomic E-state index is 13.0. The van der Waals surface area contributed by atoms with Crippen molar-refractivity contribution in [2.45, 2.75) is 20.0 Å². The molecule has 2 aliphatic rings. The molecule has 0 spiro atoms. The second-order valence-corrected chi connectivity index (χ2v) is 8.16. The lowest BCUT2D eigenvalue weighted by Gasteiger charge is -2.21. The quantitative estimate of drug-likeness (QED) is 0.294. The fourth-order valence-electron chi connectivity index (χ4n) is 4.81. The van der Waals surface area contributed by atoms with Gasteiger partial charge in [0.2, 0.25) is 0 Å². The molecule has 0 fully saturated rings. The predicted octanol–water partition coefficient (Wildman–Crippen LogP) is 2.67. The highest BCUT2D eigenvalue weighted by Gasteiger charge is 2.36. The lowest BCUT2D eigenvalue weighted by Crippen LogP contribution is -2.29. The molecule has 32 heavy (non-hydrogen) atoms. The van der Waals surface area contributed by atoms with Gasteiger partial charge in [-0.15, -0.1) is 0 Å². The number of amides is 2. The second-order valence-electron chi connectivity index (χ2n) is 8.16. The third kappa shape index (κ3) is 2.56. The van der Waals surface area contributed by atoms with E-state index in [0.717, 1.165) is 22.0 Å². The fourth-order valence-corrected chi connectivity index (χ4v) is 4.81. The number of carbonyl (C=O) groups excluding carboxylic acids is 2. The summed E-state index contributed by atoms with van der Waals surface area (Å²) in [7, 11) is 0. The zero-order valence-corrected chi connectivity index (χ0v) is 17.4. The van der Waals surface area contributed by atoms with E-state index in [9.17, 15) is 9.59 Å². The highest BCUT2D eigenvalue weighted by Crippen LogP contribution is 2.38. The topological polar surface area (TPSA) is 95.5 Å². The first kappa shape index (κ1) is 18.6. The van der Waals surface area contributed by atoms with Crippen molar-refractivity contribution in [3.05, 3.63) is 71.8 Å². The minimum Gasteiger partial charge on any atom is -0.355 e. The number of pyridine rings is 1. The fraction of sp³-hybridized carbons (Fsp3) is 0.167. The SMILES string of the molecule is CC(=N)N1CCn2cc(C3=C(c4cnc5ccccn45)C(=O)NC3=O)c3cccc(c32)C1. The number of para-hydroxylation sites is 1. The Kier molecular flexibility index (Phi) is 3.86. The molecule has 1 aromatic carbocycles. The van der Waals surface area contributed by atoms with E-state index in [1.54, 1.807) is 13.1 Å². The molecule has 2 N–H and O–H groups in total. The Morgan fingerprint density at radius 3 is 2.75 bits per heavy atom. The maximum atomic E-state index is 13.0. The molecule has 0 bridgehead atoms. The summed E-state index contributed by atoms with van der Waals surface area (Å²) in [5, 5.41) is 11.5. The van der Waals surface area contributed by atoms with Gasteiger partial charge in [0, 0.05) is 43.0 Å². The third-order valence-corrected chi connectivity index (χ3v) is 6.30. The summed E-state index contributed by atoms with van der Waals surface area (Å²) < 4.78 is 3.96. The van der Waals surface area contributed by atoms with Gasteiger partial charge < -0.3 is 9.47 Å². The maximum Gasteiger partial charge on any atom is 0.261 e. The van der Waals surface area contributed by atoms with E-state index in [1.165, 1.54) is 0 Å². The van der Waals surface area contributed by atoms with Gasteiger partial charge in [0.05, 0.1) is 34.4 Å². The van der Waals surface area contributed by atoms with E-state index in [-0.39, 0.29) is 0 Å². The summed E-state index contributed by atoms with van der Waals surface area (Å²) in [6, 6.07) is 11.6. The molecule has 8 nitrogen and oxygen atoms in total. The number of hydrogen-bond acceptors (Lipinski definition) is 4. The van der Waals surface area contributed by atoms with E-state index in [1.807, 2.05) is 52.0 Å². The molecule has 4 aromatic rings. The number of amidine groups is 1. The first-order chi connectivity index (χ1) is 15.5. The molecule has 0 atom stereocenters. The normalized spacial score (nSPS) is 16.2. The van der Waals surface area contributed by atoms with Crippen LogP contribution in [0.2, 0.25) is 0 Å². The van der Waals surface area contributed by atoms with Crippen molar-refractivity contribution in [2.24, 2.45) is 0 Å². The van der Waals surface area contributed by atoms with E-state index < -0.39 is 11.8 Å². The van der Waals surface area contributed by atoms with E-state index in [0.29, 0.717) is 48.0 Å². The Balaban J connectivity index is 1.61. The van der Waals surface area contributed by atoms with Crippen molar-refractivity contribution in [3.8, 4) is 0 Å². The summed E-state index contributed by atoms with van der Waals surface area (Å²) in [5.41, 5.74) is 4.90. The van der Waals surface area contributed by atoms with Gasteiger partial charge >= 0.3 is 0 Å². The molecule has 0 radical (unpaired) electrons. The minimum absolute atomic E-state index is 0.340. The van der Waals surface area contributed by atoms with Crippen molar-refractivity contribution in [2.75, 3.05) is 6.54 Å². The van der Waals surface area contributed by atoms with Crippen LogP contribution in [0.15, 0.2) is 55.0 Å². The van der Waals surface area contributed by atoms with Crippen molar-refractivity contribution < 1.29 is 9.59 Å². The molecule has 3 aromatic heterocycles. The monoisotopic (exact) mass is 424 g/mol. The average molecular weight is 424 g/mol. The Morgan fingerprint density at radius 2 is 1.91 bits per heavy atom. The number of imidazole rings is 1. The van der Waals surface area contributed by atoms with Crippen LogP contribution in [-0.4, -0.2) is 43.0 Å². The third-order valence-electron chi connectivity index (χ3n) is 6.30. The zero-order chi connectivity index (χ0) is 22.0. The predicted molar refractivity (Wildman–Crippen MR) is 121 cm³/mol. The summed E-state index contributed by atoms with van der Waals surface area (Å²) >= 11 is 0. The smallest absolute Gasteiger partial charge is 0.261 e. The van der Waals surface area contributed by atoms with Crippen molar-refractivity contribution in [1.82, 2.24) is 24.2 Å². The first-order valence-electron chi connectivity index (χ1n) is 10.5. The molecule has 0 unspecified atom stereocenters. The van der Waals surface area contributed by atoms with Gasteiger partial charge in [0.1, 0.15) is 5.65 Å². The standard InChI is InChI=1S/C24H20N6O2/c1-14(25)28-9-10-29-13-17(16-6-4-5-15(12-28)22(16)29)20-21(24(32)27-23(20)31)18-11-26-19-7-2-3-8-30(18)19/h2-8,11,13,25H,9-10,12H2,1H3,(H,27,31,32). The van der Waals surface area contributed by atoms with E-state index in [2.05, 4.69) is 20.9 Å². The van der Waals surface area contributed by atoms with Gasteiger partial charge in [-0.1, -0.05) is 24.3 Å². The first-order valence-corrected chi connectivity index (χ1v) is 10.5. The Labute approximate surface area is 183 Å². The summed E-state index contributed by atoms with van der Waals surface area (Å²) in [5.74, 6) is -0.272. The molecular formula is C24H20N6O2. The number of aromatic nitrogens is 3. The number of imide groups is 1. The van der Waals surface area contributed by atoms with Gasteiger partial charge in [-0.3, -0.25) is 24.7 Å². The number of hydrogen-bond donors (Lipinski definition) is 2. The number of benzene rings is 1. The molecule has 2 amide bonds. The molecular weight excluding hydrogens is 404 g/mol. The Morgan fingerprint density at radius 1 is 1.06 bits per heavy atom. The average Bonchev–Trinajstić information content (AvgIpc) is 3.39. The van der Waals surface area contributed by atoms with Crippen LogP contribution in [0.5, 0.6) is 0 Å². The molecule has 8 heteroatoms.